The van der Waals surface area contributed by atoms with Gasteiger partial charge in [0.05, 0.1) is 28.5 Å². The van der Waals surface area contributed by atoms with Crippen LogP contribution in [0.25, 0.3) is 0 Å². The summed E-state index contributed by atoms with van der Waals surface area (Å²) >= 11 is 0. The molecule has 2 bridgehead atoms. The van der Waals surface area contributed by atoms with Gasteiger partial charge in [-0.05, 0) is 65.6 Å². The number of carbonyl (C=O) groups is 2. The molecule has 7 rings (SSSR count). The summed E-state index contributed by atoms with van der Waals surface area (Å²) in [5.74, 6) is -2.13. The van der Waals surface area contributed by atoms with Crippen molar-refractivity contribution in [1.29, 1.82) is 0 Å². The summed E-state index contributed by atoms with van der Waals surface area (Å²) in [6.07, 6.45) is -6.25. The highest BCUT2D eigenvalue weighted by atomic mass is 19.4. The largest absolute Gasteiger partial charge is 0.454 e. The Kier molecular flexibility index (Phi) is 6.02. The van der Waals surface area contributed by atoms with E-state index in [1.54, 1.807) is 12.1 Å². The Hall–Kier alpha value is -4.39. The maximum absolute atomic E-state index is 13.3. The Morgan fingerprint density at radius 2 is 0.949 bits per heavy atom. The van der Waals surface area contributed by atoms with Crippen molar-refractivity contribution in [1.82, 2.24) is 0 Å². The molecule has 0 saturated heterocycles. The minimum Gasteiger partial charge on any atom is -0.454 e. The second kappa shape index (κ2) is 9.42. The summed E-state index contributed by atoms with van der Waals surface area (Å²) in [4.78, 5) is 26.6. The molecular weight excluding hydrogens is 505 g/mol. The van der Waals surface area contributed by atoms with Crippen LogP contribution in [0.1, 0.15) is 65.9 Å². The number of benzene rings is 4. The fourth-order valence-electron chi connectivity index (χ4n) is 5.72. The van der Waals surface area contributed by atoms with Gasteiger partial charge in [-0.15, -0.1) is 0 Å². The van der Waals surface area contributed by atoms with Crippen LogP contribution in [-0.2, 0) is 15.7 Å². The summed E-state index contributed by atoms with van der Waals surface area (Å²) in [7, 11) is 0. The molecule has 4 aromatic rings. The molecule has 2 atom stereocenters. The van der Waals surface area contributed by atoms with Gasteiger partial charge in [-0.3, -0.25) is 0 Å². The van der Waals surface area contributed by atoms with Gasteiger partial charge < -0.3 is 9.47 Å². The lowest BCUT2D eigenvalue weighted by atomic mass is 9.61. The molecule has 0 amide bonds. The van der Waals surface area contributed by atoms with E-state index >= 15 is 0 Å². The Bertz CT molecular complexity index is 1510. The number of carbonyl (C=O) groups excluding carboxylic acids is 2. The number of hydrogen-bond donors (Lipinski definition) is 0. The summed E-state index contributed by atoms with van der Waals surface area (Å²) in [5.41, 5.74) is 4.40. The van der Waals surface area contributed by atoms with Crippen LogP contribution in [0.5, 0.6) is 0 Å². The predicted octanol–water partition coefficient (Wildman–Crippen LogP) is 7.06. The maximum Gasteiger partial charge on any atom is 0.416 e. The van der Waals surface area contributed by atoms with E-state index in [0.717, 1.165) is 52.1 Å². The topological polar surface area (TPSA) is 52.6 Å². The minimum absolute atomic E-state index is 0.0189. The standard InChI is InChI=1S/C32H23F3O4/c1-18-10-12-19(13-11-18)30(36)38-28-26-22-6-2-4-8-24(22)27(25-9-5-3-7-23(25)26)29(28)39-31(37)20-14-16-21(17-15-20)32(33,34)35/h2-17,26-29H,1H3/t26-,27-,28?,29?. The van der Waals surface area contributed by atoms with Crippen molar-refractivity contribution in [3.8, 4) is 0 Å². The van der Waals surface area contributed by atoms with Gasteiger partial charge in [-0.2, -0.15) is 13.2 Å². The molecule has 0 aromatic heterocycles. The minimum atomic E-state index is -4.52. The van der Waals surface area contributed by atoms with Crippen LogP contribution in [0.4, 0.5) is 13.2 Å². The molecule has 3 aliphatic carbocycles. The quantitative estimate of drug-likeness (QED) is 0.266. The average molecular weight is 529 g/mol. The van der Waals surface area contributed by atoms with Crippen LogP contribution in [-0.4, -0.2) is 24.1 Å². The molecule has 0 aliphatic heterocycles. The van der Waals surface area contributed by atoms with Crippen molar-refractivity contribution in [3.63, 3.8) is 0 Å². The zero-order valence-electron chi connectivity index (χ0n) is 20.8. The highest BCUT2D eigenvalue weighted by Crippen LogP contribution is 2.54. The summed E-state index contributed by atoms with van der Waals surface area (Å²) in [5, 5.41) is 0. The van der Waals surface area contributed by atoms with Crippen molar-refractivity contribution in [2.75, 3.05) is 0 Å². The van der Waals surface area contributed by atoms with E-state index in [1.165, 1.54) is 0 Å². The number of hydrogen-bond acceptors (Lipinski definition) is 4. The number of aryl methyl sites for hydroxylation is 1. The highest BCUT2D eigenvalue weighted by Gasteiger charge is 2.53. The second-order valence-electron chi connectivity index (χ2n) is 9.89. The third-order valence-corrected chi connectivity index (χ3v) is 7.53. The molecular formula is C32H23F3O4. The zero-order valence-corrected chi connectivity index (χ0v) is 20.8. The third kappa shape index (κ3) is 4.38. The van der Waals surface area contributed by atoms with E-state index in [2.05, 4.69) is 0 Å². The van der Waals surface area contributed by atoms with Gasteiger partial charge in [0.15, 0.2) is 12.2 Å². The number of ether oxygens (including phenoxy) is 2. The first-order valence-corrected chi connectivity index (χ1v) is 12.6. The van der Waals surface area contributed by atoms with Crippen LogP contribution in [0.15, 0.2) is 97.1 Å². The van der Waals surface area contributed by atoms with Gasteiger partial charge >= 0.3 is 18.1 Å². The predicted molar refractivity (Wildman–Crippen MR) is 138 cm³/mol. The first kappa shape index (κ1) is 24.9. The maximum atomic E-state index is 13.3. The van der Waals surface area contributed by atoms with E-state index in [4.69, 9.17) is 9.47 Å². The van der Waals surface area contributed by atoms with E-state index in [-0.39, 0.29) is 11.5 Å². The lowest BCUT2D eigenvalue weighted by Crippen LogP contribution is -2.51. The second-order valence-corrected chi connectivity index (χ2v) is 9.89. The number of fused-ring (bicyclic) bond motifs is 1. The Labute approximate surface area is 223 Å². The van der Waals surface area contributed by atoms with Crippen molar-refractivity contribution in [2.24, 2.45) is 0 Å². The molecule has 0 heterocycles. The lowest BCUT2D eigenvalue weighted by molar-refractivity contribution is -0.137. The normalized spacial score (nSPS) is 21.0. The van der Waals surface area contributed by atoms with Gasteiger partial charge in [-0.25, -0.2) is 9.59 Å². The number of rotatable bonds is 4. The monoisotopic (exact) mass is 528 g/mol. The lowest BCUT2D eigenvalue weighted by Gasteiger charge is -2.49. The molecule has 2 unspecified atom stereocenters. The molecule has 0 spiro atoms. The van der Waals surface area contributed by atoms with Gasteiger partial charge in [-0.1, -0.05) is 66.2 Å². The molecule has 0 saturated carbocycles. The first-order chi connectivity index (χ1) is 18.7. The van der Waals surface area contributed by atoms with Crippen LogP contribution < -0.4 is 0 Å². The van der Waals surface area contributed by atoms with Gasteiger partial charge in [0.1, 0.15) is 0 Å². The molecule has 39 heavy (non-hydrogen) atoms. The highest BCUT2D eigenvalue weighted by molar-refractivity contribution is 5.91. The Balaban J connectivity index is 1.40. The van der Waals surface area contributed by atoms with Crippen molar-refractivity contribution < 1.29 is 32.2 Å². The van der Waals surface area contributed by atoms with Gasteiger partial charge in [0, 0.05) is 0 Å². The summed E-state index contributed by atoms with van der Waals surface area (Å²) in [6.45, 7) is 1.92. The SMILES string of the molecule is Cc1ccc(C(=O)OC2C(OC(=O)c3ccc(C(F)(F)F)cc3)[C@H]3c4ccccc4[C@H]2c2ccccc23)cc1. The smallest absolute Gasteiger partial charge is 0.416 e. The molecule has 7 heteroatoms. The Morgan fingerprint density at radius 3 is 1.31 bits per heavy atom. The van der Waals surface area contributed by atoms with E-state index in [9.17, 15) is 22.8 Å². The third-order valence-electron chi connectivity index (χ3n) is 7.53. The molecule has 4 nitrogen and oxygen atoms in total. The number of esters is 2. The Morgan fingerprint density at radius 1 is 0.590 bits per heavy atom. The van der Waals surface area contributed by atoms with Crippen LogP contribution in [0.2, 0.25) is 0 Å². The molecule has 0 radical (unpaired) electrons. The number of halogens is 3. The molecule has 0 N–H and O–H groups in total. The van der Waals surface area contributed by atoms with Crippen molar-refractivity contribution in [2.45, 2.75) is 37.1 Å². The first-order valence-electron chi connectivity index (χ1n) is 12.6. The van der Waals surface area contributed by atoms with Crippen molar-refractivity contribution in [3.05, 3.63) is 142 Å². The molecule has 0 fully saturated rings. The molecule has 196 valence electrons. The van der Waals surface area contributed by atoms with Crippen molar-refractivity contribution >= 4 is 11.9 Å². The molecule has 4 aromatic carbocycles. The fourth-order valence-corrected chi connectivity index (χ4v) is 5.72. The molecule has 3 aliphatic rings. The number of alkyl halides is 3. The van der Waals surface area contributed by atoms with Crippen LogP contribution >= 0.6 is 0 Å². The van der Waals surface area contributed by atoms with Crippen LogP contribution in [0.3, 0.4) is 0 Å². The fraction of sp³-hybridized carbons (Fsp3) is 0.188. The van der Waals surface area contributed by atoms with Gasteiger partial charge in [0.25, 0.3) is 0 Å². The zero-order chi connectivity index (χ0) is 27.3. The van der Waals surface area contributed by atoms with E-state index in [1.807, 2.05) is 67.6 Å². The van der Waals surface area contributed by atoms with E-state index < -0.39 is 41.8 Å². The van der Waals surface area contributed by atoms with E-state index in [0.29, 0.717) is 5.56 Å². The summed E-state index contributed by atoms with van der Waals surface area (Å²) < 4.78 is 51.3. The van der Waals surface area contributed by atoms with Crippen LogP contribution in [0, 0.1) is 6.92 Å². The summed E-state index contributed by atoms with van der Waals surface area (Å²) in [6, 6.07) is 26.5. The average Bonchev–Trinajstić information content (AvgIpc) is 2.94. The van der Waals surface area contributed by atoms with Gasteiger partial charge in [0.2, 0.25) is 0 Å².